The molecule has 3 aromatic rings. The zero-order valence-electron chi connectivity index (χ0n) is 16.8. The quantitative estimate of drug-likeness (QED) is 0.449. The number of fused-ring (bicyclic) bond motifs is 3. The fourth-order valence-corrected chi connectivity index (χ4v) is 5.96. The highest BCUT2D eigenvalue weighted by molar-refractivity contribution is 8.00. The SMILES string of the molecule is COc1ccc(CCNC(=O)CSc2nc(C)nc3sc4c(c23)CCCC4)cc1. The molecule has 0 unspecified atom stereocenters. The molecule has 2 heterocycles. The number of ether oxygens (including phenoxy) is 1. The second-order valence-electron chi connectivity index (χ2n) is 7.20. The van der Waals surface area contributed by atoms with Crippen LogP contribution in [0.25, 0.3) is 10.2 Å². The van der Waals surface area contributed by atoms with E-state index in [1.807, 2.05) is 31.2 Å². The number of methoxy groups -OCH3 is 1. The summed E-state index contributed by atoms with van der Waals surface area (Å²) in [5.74, 6) is 2.03. The summed E-state index contributed by atoms with van der Waals surface area (Å²) in [5, 5.41) is 5.16. The molecule has 1 aliphatic carbocycles. The van der Waals surface area contributed by atoms with Gasteiger partial charge in [-0.1, -0.05) is 23.9 Å². The average molecular weight is 428 g/mol. The Labute approximate surface area is 179 Å². The molecule has 0 spiro atoms. The second kappa shape index (κ2) is 9.13. The number of carbonyl (C=O) groups excluding carboxylic acids is 1. The molecule has 0 fully saturated rings. The summed E-state index contributed by atoms with van der Waals surface area (Å²) in [5.41, 5.74) is 2.59. The average Bonchev–Trinajstić information content (AvgIpc) is 3.10. The van der Waals surface area contributed by atoms with Gasteiger partial charge in [0.05, 0.1) is 12.9 Å². The number of nitrogens with zero attached hydrogens (tertiary/aromatic N) is 2. The van der Waals surface area contributed by atoms with Crippen LogP contribution >= 0.6 is 23.1 Å². The molecule has 1 aliphatic rings. The largest absolute Gasteiger partial charge is 0.497 e. The van der Waals surface area contributed by atoms with Crippen molar-refractivity contribution in [3.63, 3.8) is 0 Å². The van der Waals surface area contributed by atoms with E-state index >= 15 is 0 Å². The third-order valence-corrected chi connectivity index (χ3v) is 7.29. The maximum Gasteiger partial charge on any atom is 0.230 e. The molecule has 152 valence electrons. The van der Waals surface area contributed by atoms with Crippen molar-refractivity contribution in [1.29, 1.82) is 0 Å². The van der Waals surface area contributed by atoms with Crippen LogP contribution in [0.2, 0.25) is 0 Å². The van der Waals surface area contributed by atoms with Crippen molar-refractivity contribution >= 4 is 39.2 Å². The van der Waals surface area contributed by atoms with E-state index in [1.165, 1.54) is 46.0 Å². The number of thioether (sulfide) groups is 1. The number of hydrogen-bond acceptors (Lipinski definition) is 6. The minimum absolute atomic E-state index is 0.0389. The van der Waals surface area contributed by atoms with Crippen molar-refractivity contribution in [2.75, 3.05) is 19.4 Å². The Morgan fingerprint density at radius 3 is 2.79 bits per heavy atom. The predicted octanol–water partition coefficient (Wildman–Crippen LogP) is 4.34. The number of aryl methyl sites for hydroxylation is 3. The molecule has 4 rings (SSSR count). The number of aromatic nitrogens is 2. The van der Waals surface area contributed by atoms with Gasteiger partial charge in [0.2, 0.25) is 5.91 Å². The smallest absolute Gasteiger partial charge is 0.230 e. The Kier molecular flexibility index (Phi) is 6.35. The molecule has 2 aromatic heterocycles. The number of nitrogens with one attached hydrogen (secondary N) is 1. The number of hydrogen-bond donors (Lipinski definition) is 1. The molecule has 29 heavy (non-hydrogen) atoms. The van der Waals surface area contributed by atoms with E-state index in [1.54, 1.807) is 18.4 Å². The molecule has 1 N–H and O–H groups in total. The summed E-state index contributed by atoms with van der Waals surface area (Å²) in [6.45, 7) is 2.55. The van der Waals surface area contributed by atoms with Crippen LogP contribution < -0.4 is 10.1 Å². The lowest BCUT2D eigenvalue weighted by Crippen LogP contribution is -2.27. The van der Waals surface area contributed by atoms with Crippen molar-refractivity contribution in [3.05, 3.63) is 46.1 Å². The van der Waals surface area contributed by atoms with Crippen LogP contribution in [0.1, 0.15) is 34.7 Å². The standard InChI is InChI=1S/C22H25N3O2S2/c1-14-24-21(20-17-5-3-4-6-18(17)29-22(20)25-14)28-13-19(26)23-12-11-15-7-9-16(27-2)10-8-15/h7-10H,3-6,11-13H2,1-2H3,(H,23,26). The molecule has 0 aliphatic heterocycles. The first kappa shape index (κ1) is 20.2. The van der Waals surface area contributed by atoms with E-state index in [9.17, 15) is 4.79 Å². The van der Waals surface area contributed by atoms with Gasteiger partial charge in [0.25, 0.3) is 0 Å². The lowest BCUT2D eigenvalue weighted by atomic mass is 9.97. The van der Waals surface area contributed by atoms with Crippen molar-refractivity contribution < 1.29 is 9.53 Å². The van der Waals surface area contributed by atoms with Crippen LogP contribution in [0.4, 0.5) is 0 Å². The van der Waals surface area contributed by atoms with Crippen molar-refractivity contribution in [3.8, 4) is 5.75 Å². The van der Waals surface area contributed by atoms with E-state index in [0.717, 1.165) is 40.7 Å². The summed E-state index contributed by atoms with van der Waals surface area (Å²) in [4.78, 5) is 24.2. The van der Waals surface area contributed by atoms with E-state index in [4.69, 9.17) is 4.74 Å². The summed E-state index contributed by atoms with van der Waals surface area (Å²) < 4.78 is 5.17. The number of rotatable bonds is 7. The number of amides is 1. The van der Waals surface area contributed by atoms with Gasteiger partial charge in [-0.25, -0.2) is 9.97 Å². The van der Waals surface area contributed by atoms with Gasteiger partial charge in [-0.3, -0.25) is 4.79 Å². The maximum absolute atomic E-state index is 12.4. The molecule has 0 bridgehead atoms. The van der Waals surface area contributed by atoms with Gasteiger partial charge in [-0.15, -0.1) is 11.3 Å². The summed E-state index contributed by atoms with van der Waals surface area (Å²) in [7, 11) is 1.66. The zero-order valence-corrected chi connectivity index (χ0v) is 18.4. The first-order valence-electron chi connectivity index (χ1n) is 9.95. The Bertz CT molecular complexity index is 1020. The van der Waals surface area contributed by atoms with E-state index < -0.39 is 0 Å². The molecule has 0 radical (unpaired) electrons. The molecule has 0 saturated heterocycles. The summed E-state index contributed by atoms with van der Waals surface area (Å²) in [6.07, 6.45) is 5.53. The molecule has 1 aromatic carbocycles. The Balaban J connectivity index is 1.36. The van der Waals surface area contributed by atoms with Gasteiger partial charge < -0.3 is 10.1 Å². The van der Waals surface area contributed by atoms with Gasteiger partial charge >= 0.3 is 0 Å². The fourth-order valence-electron chi connectivity index (χ4n) is 3.65. The van der Waals surface area contributed by atoms with Gasteiger partial charge in [-0.2, -0.15) is 0 Å². The molecule has 7 heteroatoms. The number of benzene rings is 1. The summed E-state index contributed by atoms with van der Waals surface area (Å²) in [6, 6.07) is 7.94. The zero-order chi connectivity index (χ0) is 20.2. The molecule has 5 nitrogen and oxygen atoms in total. The molecular weight excluding hydrogens is 402 g/mol. The van der Waals surface area contributed by atoms with E-state index in [0.29, 0.717) is 12.3 Å². The van der Waals surface area contributed by atoms with Crippen LogP contribution in [0.15, 0.2) is 29.3 Å². The van der Waals surface area contributed by atoms with Crippen LogP contribution in [0, 0.1) is 6.92 Å². The van der Waals surface area contributed by atoms with Gasteiger partial charge in [0.15, 0.2) is 0 Å². The van der Waals surface area contributed by atoms with Crippen molar-refractivity contribution in [2.45, 2.75) is 44.1 Å². The third kappa shape index (κ3) is 4.73. The van der Waals surface area contributed by atoms with Crippen molar-refractivity contribution in [2.24, 2.45) is 0 Å². The highest BCUT2D eigenvalue weighted by Crippen LogP contribution is 2.39. The van der Waals surface area contributed by atoms with Crippen molar-refractivity contribution in [1.82, 2.24) is 15.3 Å². The highest BCUT2D eigenvalue weighted by atomic mass is 32.2. The molecular formula is C22H25N3O2S2. The lowest BCUT2D eigenvalue weighted by Gasteiger charge is -2.12. The number of thiophene rings is 1. The summed E-state index contributed by atoms with van der Waals surface area (Å²) >= 11 is 3.33. The Hall–Kier alpha value is -2.12. The Morgan fingerprint density at radius 1 is 1.21 bits per heavy atom. The molecule has 0 atom stereocenters. The maximum atomic E-state index is 12.4. The third-order valence-electron chi connectivity index (χ3n) is 5.13. The number of carbonyl (C=O) groups is 1. The van der Waals surface area contributed by atoms with Gasteiger partial charge in [0, 0.05) is 16.8 Å². The minimum Gasteiger partial charge on any atom is -0.497 e. The minimum atomic E-state index is 0.0389. The Morgan fingerprint density at radius 2 is 2.00 bits per heavy atom. The van der Waals surface area contributed by atoms with Gasteiger partial charge in [0.1, 0.15) is 21.4 Å². The van der Waals surface area contributed by atoms with E-state index in [-0.39, 0.29) is 5.91 Å². The molecule has 0 saturated carbocycles. The first-order chi connectivity index (χ1) is 14.1. The molecule has 1 amide bonds. The van der Waals surface area contributed by atoms with Gasteiger partial charge in [-0.05, 0) is 62.3 Å². The predicted molar refractivity (Wildman–Crippen MR) is 119 cm³/mol. The first-order valence-corrected chi connectivity index (χ1v) is 11.8. The fraction of sp³-hybridized carbons (Fsp3) is 0.409. The topological polar surface area (TPSA) is 64.1 Å². The normalized spacial score (nSPS) is 13.3. The lowest BCUT2D eigenvalue weighted by molar-refractivity contribution is -0.118. The van der Waals surface area contributed by atoms with Crippen LogP contribution in [-0.2, 0) is 24.1 Å². The van der Waals surface area contributed by atoms with E-state index in [2.05, 4.69) is 15.3 Å². The monoisotopic (exact) mass is 427 g/mol. The highest BCUT2D eigenvalue weighted by Gasteiger charge is 2.21. The van der Waals surface area contributed by atoms with Crippen LogP contribution in [0.5, 0.6) is 5.75 Å². The van der Waals surface area contributed by atoms with Crippen LogP contribution in [0.3, 0.4) is 0 Å². The van der Waals surface area contributed by atoms with Crippen LogP contribution in [-0.4, -0.2) is 35.3 Å². The second-order valence-corrected chi connectivity index (χ2v) is 9.25.